The van der Waals surface area contributed by atoms with Crippen molar-refractivity contribution in [3.63, 3.8) is 0 Å². The molecule has 6 heteroatoms. The van der Waals surface area contributed by atoms with Crippen LogP contribution in [0.1, 0.15) is 5.56 Å². The standard InChI is InChI=1S/C12H10N4O2/c17-11-9-10(14-12(18)15-11)16(7-13-9)6-8-4-2-1-3-5-8/h1-5,7H,6H2,(H2,14,15,17,18). The summed E-state index contributed by atoms with van der Waals surface area (Å²) < 4.78 is 1.74. The molecular weight excluding hydrogens is 232 g/mol. The highest BCUT2D eigenvalue weighted by molar-refractivity contribution is 5.68. The average molecular weight is 242 g/mol. The van der Waals surface area contributed by atoms with Gasteiger partial charge >= 0.3 is 5.69 Å². The summed E-state index contributed by atoms with van der Waals surface area (Å²) in [5.74, 6) is 0. The van der Waals surface area contributed by atoms with Crippen molar-refractivity contribution in [3.8, 4) is 0 Å². The third kappa shape index (κ3) is 1.73. The van der Waals surface area contributed by atoms with Crippen LogP contribution in [0.5, 0.6) is 0 Å². The Morgan fingerprint density at radius 1 is 1.11 bits per heavy atom. The molecule has 0 aliphatic carbocycles. The summed E-state index contributed by atoms with van der Waals surface area (Å²) in [7, 11) is 0. The first-order valence-corrected chi connectivity index (χ1v) is 5.45. The fourth-order valence-corrected chi connectivity index (χ4v) is 1.88. The molecule has 0 saturated carbocycles. The lowest BCUT2D eigenvalue weighted by molar-refractivity contribution is 0.810. The highest BCUT2D eigenvalue weighted by atomic mass is 16.2. The molecule has 18 heavy (non-hydrogen) atoms. The normalized spacial score (nSPS) is 10.9. The summed E-state index contributed by atoms with van der Waals surface area (Å²) in [5, 5.41) is 0. The quantitative estimate of drug-likeness (QED) is 0.684. The van der Waals surface area contributed by atoms with Gasteiger partial charge in [0.2, 0.25) is 0 Å². The lowest BCUT2D eigenvalue weighted by Gasteiger charge is -2.03. The molecule has 0 bridgehead atoms. The molecule has 0 amide bonds. The summed E-state index contributed by atoms with van der Waals surface area (Å²) >= 11 is 0. The van der Waals surface area contributed by atoms with Crippen molar-refractivity contribution in [2.24, 2.45) is 0 Å². The average Bonchev–Trinajstić information content (AvgIpc) is 2.74. The number of nitrogens with one attached hydrogen (secondary N) is 2. The van der Waals surface area contributed by atoms with Gasteiger partial charge in [-0.25, -0.2) is 9.78 Å². The van der Waals surface area contributed by atoms with Crippen LogP contribution in [0, 0.1) is 0 Å². The van der Waals surface area contributed by atoms with E-state index in [2.05, 4.69) is 15.0 Å². The Hall–Kier alpha value is -2.63. The molecule has 90 valence electrons. The van der Waals surface area contributed by atoms with Gasteiger partial charge in [-0.05, 0) is 5.56 Å². The summed E-state index contributed by atoms with van der Waals surface area (Å²) in [5.41, 5.74) is 0.749. The first-order valence-electron chi connectivity index (χ1n) is 5.45. The number of benzene rings is 1. The van der Waals surface area contributed by atoms with Gasteiger partial charge in [0.1, 0.15) is 5.65 Å². The van der Waals surface area contributed by atoms with Crippen molar-refractivity contribution in [2.45, 2.75) is 6.54 Å². The predicted molar refractivity (Wildman–Crippen MR) is 66.5 cm³/mol. The van der Waals surface area contributed by atoms with Crippen molar-refractivity contribution >= 4 is 11.2 Å². The van der Waals surface area contributed by atoms with Crippen LogP contribution in [0.2, 0.25) is 0 Å². The summed E-state index contributed by atoms with van der Waals surface area (Å²) in [6.07, 6.45) is 1.54. The Morgan fingerprint density at radius 2 is 1.89 bits per heavy atom. The van der Waals surface area contributed by atoms with Crippen molar-refractivity contribution < 1.29 is 0 Å². The van der Waals surface area contributed by atoms with Gasteiger partial charge in [0.05, 0.1) is 12.9 Å². The summed E-state index contributed by atoms with van der Waals surface area (Å²) in [6.45, 7) is 0.552. The molecule has 6 nitrogen and oxygen atoms in total. The molecular formula is C12H10N4O2. The SMILES string of the molecule is O=c1[nH]c(=O)c2ncn(Cc3ccccc3)c2[nH]1. The van der Waals surface area contributed by atoms with Crippen molar-refractivity contribution in [1.29, 1.82) is 0 Å². The maximum absolute atomic E-state index is 11.5. The third-order valence-corrected chi connectivity index (χ3v) is 2.71. The Bertz CT molecular complexity index is 798. The fraction of sp³-hybridized carbons (Fsp3) is 0.0833. The lowest BCUT2D eigenvalue weighted by Crippen LogP contribution is -2.22. The van der Waals surface area contributed by atoms with E-state index >= 15 is 0 Å². The lowest BCUT2D eigenvalue weighted by atomic mass is 10.2. The van der Waals surface area contributed by atoms with E-state index in [0.717, 1.165) is 5.56 Å². The van der Waals surface area contributed by atoms with E-state index in [4.69, 9.17) is 0 Å². The van der Waals surface area contributed by atoms with Gasteiger partial charge in [-0.2, -0.15) is 0 Å². The van der Waals surface area contributed by atoms with E-state index in [1.54, 1.807) is 10.9 Å². The van der Waals surface area contributed by atoms with Gasteiger partial charge in [0.25, 0.3) is 5.56 Å². The maximum atomic E-state index is 11.5. The van der Waals surface area contributed by atoms with Gasteiger partial charge in [0, 0.05) is 0 Å². The topological polar surface area (TPSA) is 83.5 Å². The Kier molecular flexibility index (Phi) is 2.33. The number of imidazole rings is 1. The minimum atomic E-state index is -0.526. The molecule has 0 atom stereocenters. The molecule has 0 saturated heterocycles. The second kappa shape index (κ2) is 3.99. The molecule has 0 spiro atoms. The zero-order valence-electron chi connectivity index (χ0n) is 9.38. The van der Waals surface area contributed by atoms with Crippen molar-refractivity contribution in [2.75, 3.05) is 0 Å². The molecule has 2 aromatic heterocycles. The number of rotatable bonds is 2. The highest BCUT2D eigenvalue weighted by Crippen LogP contribution is 2.07. The van der Waals surface area contributed by atoms with Crippen molar-refractivity contribution in [3.05, 3.63) is 63.1 Å². The first kappa shape index (κ1) is 10.5. The largest absolute Gasteiger partial charge is 0.327 e. The van der Waals surface area contributed by atoms with E-state index in [1.165, 1.54) is 0 Å². The predicted octanol–water partition coefficient (Wildman–Crippen LogP) is 0.461. The highest BCUT2D eigenvalue weighted by Gasteiger charge is 2.07. The van der Waals surface area contributed by atoms with Gasteiger partial charge in [-0.1, -0.05) is 30.3 Å². The summed E-state index contributed by atoms with van der Waals surface area (Å²) in [4.78, 5) is 31.5. The zero-order chi connectivity index (χ0) is 12.5. The Balaban J connectivity index is 2.14. The van der Waals surface area contributed by atoms with Crippen LogP contribution >= 0.6 is 0 Å². The molecule has 0 aliphatic rings. The summed E-state index contributed by atoms with van der Waals surface area (Å²) in [6, 6.07) is 9.74. The van der Waals surface area contributed by atoms with E-state index in [9.17, 15) is 9.59 Å². The first-order chi connectivity index (χ1) is 8.74. The molecule has 2 heterocycles. The molecule has 0 fully saturated rings. The monoisotopic (exact) mass is 242 g/mol. The van der Waals surface area contributed by atoms with E-state index in [-0.39, 0.29) is 5.52 Å². The number of aromatic amines is 2. The van der Waals surface area contributed by atoms with Gasteiger partial charge in [0.15, 0.2) is 5.52 Å². The number of hydrogen-bond acceptors (Lipinski definition) is 3. The van der Waals surface area contributed by atoms with Gasteiger partial charge in [-0.15, -0.1) is 0 Å². The number of nitrogens with zero attached hydrogens (tertiary/aromatic N) is 2. The van der Waals surface area contributed by atoms with Crippen LogP contribution in [-0.4, -0.2) is 19.5 Å². The molecule has 0 radical (unpaired) electrons. The minimum Gasteiger partial charge on any atom is -0.312 e. The molecule has 1 aromatic carbocycles. The third-order valence-electron chi connectivity index (χ3n) is 2.71. The molecule has 3 aromatic rings. The van der Waals surface area contributed by atoms with Crippen LogP contribution in [-0.2, 0) is 6.54 Å². The number of fused-ring (bicyclic) bond motifs is 1. The van der Waals surface area contributed by atoms with Crippen LogP contribution < -0.4 is 11.2 Å². The second-order valence-electron chi connectivity index (χ2n) is 3.96. The van der Waals surface area contributed by atoms with Crippen LogP contribution in [0.3, 0.4) is 0 Å². The van der Waals surface area contributed by atoms with Gasteiger partial charge < -0.3 is 4.57 Å². The van der Waals surface area contributed by atoms with Gasteiger partial charge in [-0.3, -0.25) is 14.8 Å². The van der Waals surface area contributed by atoms with E-state index < -0.39 is 11.2 Å². The molecule has 0 aliphatic heterocycles. The number of hydrogen-bond donors (Lipinski definition) is 2. The van der Waals surface area contributed by atoms with Crippen LogP contribution in [0.15, 0.2) is 46.2 Å². The molecule has 3 rings (SSSR count). The Labute approximate surface area is 101 Å². The van der Waals surface area contributed by atoms with E-state index in [0.29, 0.717) is 12.2 Å². The van der Waals surface area contributed by atoms with E-state index in [1.807, 2.05) is 30.3 Å². The maximum Gasteiger partial charge on any atom is 0.327 e. The fourth-order valence-electron chi connectivity index (χ4n) is 1.88. The smallest absolute Gasteiger partial charge is 0.312 e. The van der Waals surface area contributed by atoms with Crippen molar-refractivity contribution in [1.82, 2.24) is 19.5 Å². The van der Waals surface area contributed by atoms with Crippen LogP contribution in [0.25, 0.3) is 11.2 Å². The molecule has 0 unspecified atom stereocenters. The number of aromatic nitrogens is 4. The van der Waals surface area contributed by atoms with Crippen LogP contribution in [0.4, 0.5) is 0 Å². The Morgan fingerprint density at radius 3 is 2.67 bits per heavy atom. The second-order valence-corrected chi connectivity index (χ2v) is 3.96. The number of H-pyrrole nitrogens is 2. The minimum absolute atomic E-state index is 0.241. The molecule has 2 N–H and O–H groups in total. The zero-order valence-corrected chi connectivity index (χ0v) is 9.38.